The monoisotopic (exact) mass is 236 g/mol. The third-order valence-corrected chi connectivity index (χ3v) is 3.54. The standard InChI is InChI=1S/C11H12N2O2S/c1-2-8-3-4-9(16-8)7-13-10(14)5-6-12-11(13)15/h3-6H,2,7H2,1H3,(H,12,15). The fourth-order valence-electron chi connectivity index (χ4n) is 1.46. The van der Waals surface area contributed by atoms with Gasteiger partial charge in [0.05, 0.1) is 6.54 Å². The van der Waals surface area contributed by atoms with Crippen LogP contribution in [0.1, 0.15) is 16.7 Å². The van der Waals surface area contributed by atoms with Gasteiger partial charge in [0, 0.05) is 22.0 Å². The Bertz CT molecular complexity index is 566. The van der Waals surface area contributed by atoms with Gasteiger partial charge >= 0.3 is 5.69 Å². The van der Waals surface area contributed by atoms with Gasteiger partial charge in [0.1, 0.15) is 0 Å². The normalized spacial score (nSPS) is 10.6. The van der Waals surface area contributed by atoms with Crippen molar-refractivity contribution in [2.24, 2.45) is 0 Å². The molecule has 0 atom stereocenters. The van der Waals surface area contributed by atoms with Crippen LogP contribution in [0.2, 0.25) is 0 Å². The zero-order valence-corrected chi connectivity index (χ0v) is 9.71. The molecule has 2 rings (SSSR count). The van der Waals surface area contributed by atoms with E-state index in [1.807, 2.05) is 12.1 Å². The second-order valence-corrected chi connectivity index (χ2v) is 4.68. The first kappa shape index (κ1) is 10.9. The Morgan fingerprint density at radius 1 is 1.25 bits per heavy atom. The fourth-order valence-corrected chi connectivity index (χ4v) is 2.40. The SMILES string of the molecule is CCc1ccc(Cn2c(=O)cc[nH]c2=O)s1. The number of nitrogens with one attached hydrogen (secondary N) is 1. The van der Waals surface area contributed by atoms with Gasteiger partial charge in [-0.25, -0.2) is 4.79 Å². The van der Waals surface area contributed by atoms with Crippen LogP contribution in [0.5, 0.6) is 0 Å². The third-order valence-electron chi connectivity index (χ3n) is 2.32. The quantitative estimate of drug-likeness (QED) is 0.870. The van der Waals surface area contributed by atoms with Crippen LogP contribution in [0.3, 0.4) is 0 Å². The molecule has 0 aliphatic carbocycles. The van der Waals surface area contributed by atoms with Crippen molar-refractivity contribution in [3.63, 3.8) is 0 Å². The Kier molecular flexibility index (Phi) is 3.05. The number of aryl methyl sites for hydroxylation is 1. The van der Waals surface area contributed by atoms with Crippen LogP contribution in [0, 0.1) is 0 Å². The molecule has 0 bridgehead atoms. The lowest BCUT2D eigenvalue weighted by atomic mass is 10.3. The van der Waals surface area contributed by atoms with Crippen molar-refractivity contribution in [1.29, 1.82) is 0 Å². The van der Waals surface area contributed by atoms with Crippen molar-refractivity contribution in [1.82, 2.24) is 9.55 Å². The second-order valence-electron chi connectivity index (χ2n) is 3.43. The van der Waals surface area contributed by atoms with Crippen molar-refractivity contribution in [2.75, 3.05) is 0 Å². The molecular formula is C11H12N2O2S. The number of rotatable bonds is 3. The van der Waals surface area contributed by atoms with Crippen LogP contribution in [0.15, 0.2) is 34.0 Å². The van der Waals surface area contributed by atoms with E-state index >= 15 is 0 Å². The minimum Gasteiger partial charge on any atom is -0.314 e. The molecule has 5 heteroatoms. The maximum atomic E-state index is 11.5. The summed E-state index contributed by atoms with van der Waals surface area (Å²) in [6.45, 7) is 2.43. The maximum absolute atomic E-state index is 11.5. The number of aromatic amines is 1. The van der Waals surface area contributed by atoms with Gasteiger partial charge in [0.15, 0.2) is 0 Å². The summed E-state index contributed by atoms with van der Waals surface area (Å²) < 4.78 is 1.20. The van der Waals surface area contributed by atoms with Crippen LogP contribution in [-0.2, 0) is 13.0 Å². The van der Waals surface area contributed by atoms with E-state index in [1.54, 1.807) is 11.3 Å². The van der Waals surface area contributed by atoms with Crippen molar-refractivity contribution in [3.8, 4) is 0 Å². The Hall–Kier alpha value is -1.62. The van der Waals surface area contributed by atoms with E-state index in [1.165, 1.54) is 21.7 Å². The molecule has 84 valence electrons. The molecule has 1 N–H and O–H groups in total. The Labute approximate surface area is 96.2 Å². The molecule has 0 unspecified atom stereocenters. The van der Waals surface area contributed by atoms with Gasteiger partial charge in [-0.2, -0.15) is 0 Å². The van der Waals surface area contributed by atoms with E-state index in [0.717, 1.165) is 11.3 Å². The van der Waals surface area contributed by atoms with E-state index in [4.69, 9.17) is 0 Å². The summed E-state index contributed by atoms with van der Waals surface area (Å²) >= 11 is 1.63. The third kappa shape index (κ3) is 2.14. The van der Waals surface area contributed by atoms with Gasteiger partial charge < -0.3 is 4.98 Å². The zero-order chi connectivity index (χ0) is 11.5. The predicted octanol–water partition coefficient (Wildman–Crippen LogP) is 1.21. The molecule has 0 aliphatic rings. The van der Waals surface area contributed by atoms with Gasteiger partial charge in [-0.05, 0) is 18.6 Å². The minimum absolute atomic E-state index is 0.268. The average molecular weight is 236 g/mol. The zero-order valence-electron chi connectivity index (χ0n) is 8.90. The van der Waals surface area contributed by atoms with Crippen molar-refractivity contribution in [3.05, 3.63) is 55.0 Å². The highest BCUT2D eigenvalue weighted by Gasteiger charge is 2.03. The molecule has 0 aliphatic heterocycles. The van der Waals surface area contributed by atoms with E-state index in [9.17, 15) is 9.59 Å². The summed E-state index contributed by atoms with van der Waals surface area (Å²) in [5.41, 5.74) is -0.630. The molecule has 0 amide bonds. The first-order valence-electron chi connectivity index (χ1n) is 5.07. The predicted molar refractivity (Wildman–Crippen MR) is 64.1 cm³/mol. The molecule has 0 saturated carbocycles. The smallest absolute Gasteiger partial charge is 0.314 e. The summed E-state index contributed by atoms with van der Waals surface area (Å²) in [5, 5.41) is 0. The largest absolute Gasteiger partial charge is 0.328 e. The number of nitrogens with zero attached hydrogens (tertiary/aromatic N) is 1. The van der Waals surface area contributed by atoms with Crippen molar-refractivity contribution in [2.45, 2.75) is 19.9 Å². The van der Waals surface area contributed by atoms with Gasteiger partial charge in [0.2, 0.25) is 0 Å². The molecule has 4 nitrogen and oxygen atoms in total. The van der Waals surface area contributed by atoms with E-state index in [2.05, 4.69) is 11.9 Å². The van der Waals surface area contributed by atoms with Crippen LogP contribution >= 0.6 is 11.3 Å². The molecule has 2 heterocycles. The maximum Gasteiger partial charge on any atom is 0.328 e. The summed E-state index contributed by atoms with van der Waals surface area (Å²) in [7, 11) is 0. The second kappa shape index (κ2) is 4.49. The Balaban J connectivity index is 2.34. The van der Waals surface area contributed by atoms with E-state index in [-0.39, 0.29) is 11.2 Å². The Morgan fingerprint density at radius 3 is 2.62 bits per heavy atom. The van der Waals surface area contributed by atoms with Crippen molar-refractivity contribution < 1.29 is 0 Å². The number of H-pyrrole nitrogens is 1. The van der Waals surface area contributed by atoms with Crippen LogP contribution in [-0.4, -0.2) is 9.55 Å². The summed E-state index contributed by atoms with van der Waals surface area (Å²) in [4.78, 5) is 27.7. The van der Waals surface area contributed by atoms with Gasteiger partial charge in [-0.15, -0.1) is 11.3 Å². The molecule has 16 heavy (non-hydrogen) atoms. The highest BCUT2D eigenvalue weighted by molar-refractivity contribution is 7.11. The van der Waals surface area contributed by atoms with Gasteiger partial charge in [0.25, 0.3) is 5.56 Å². The van der Waals surface area contributed by atoms with Gasteiger partial charge in [-0.3, -0.25) is 9.36 Å². The molecular weight excluding hydrogens is 224 g/mol. The first-order valence-corrected chi connectivity index (χ1v) is 5.88. The lowest BCUT2D eigenvalue weighted by molar-refractivity contribution is 0.706. The molecule has 0 aromatic carbocycles. The van der Waals surface area contributed by atoms with E-state index < -0.39 is 0 Å². The molecule has 0 saturated heterocycles. The van der Waals surface area contributed by atoms with E-state index in [0.29, 0.717) is 6.54 Å². The molecule has 0 spiro atoms. The molecule has 0 radical (unpaired) electrons. The lowest BCUT2D eigenvalue weighted by Gasteiger charge is -2.00. The number of thiophene rings is 1. The van der Waals surface area contributed by atoms with Crippen LogP contribution in [0.25, 0.3) is 0 Å². The molecule has 2 aromatic heterocycles. The number of aromatic nitrogens is 2. The fraction of sp³-hybridized carbons (Fsp3) is 0.273. The Morgan fingerprint density at radius 2 is 2.00 bits per heavy atom. The molecule has 0 fully saturated rings. The highest BCUT2D eigenvalue weighted by Crippen LogP contribution is 2.16. The number of hydrogen-bond donors (Lipinski definition) is 1. The minimum atomic E-state index is -0.362. The first-order chi connectivity index (χ1) is 7.70. The summed E-state index contributed by atoms with van der Waals surface area (Å²) in [6, 6.07) is 5.35. The summed E-state index contributed by atoms with van der Waals surface area (Å²) in [5.74, 6) is 0. The van der Waals surface area contributed by atoms with Gasteiger partial charge in [-0.1, -0.05) is 6.92 Å². The average Bonchev–Trinajstić information content (AvgIpc) is 2.71. The summed E-state index contributed by atoms with van der Waals surface area (Å²) in [6.07, 6.45) is 2.35. The van der Waals surface area contributed by atoms with Crippen LogP contribution < -0.4 is 11.2 Å². The lowest BCUT2D eigenvalue weighted by Crippen LogP contribution is -2.33. The van der Waals surface area contributed by atoms with Crippen molar-refractivity contribution >= 4 is 11.3 Å². The highest BCUT2D eigenvalue weighted by atomic mass is 32.1. The van der Waals surface area contributed by atoms with Crippen LogP contribution in [0.4, 0.5) is 0 Å². The topological polar surface area (TPSA) is 54.9 Å². The molecule has 2 aromatic rings. The number of hydrogen-bond acceptors (Lipinski definition) is 3.